The fourth-order valence-electron chi connectivity index (χ4n) is 7.89. The van der Waals surface area contributed by atoms with Crippen molar-refractivity contribution in [1.29, 1.82) is 0 Å². The highest BCUT2D eigenvalue weighted by Gasteiger charge is 2.67. The molecule has 7 rings (SSSR count). The molecule has 1 aromatic heterocycles. The Bertz CT molecular complexity index is 2220. The second kappa shape index (κ2) is 16.5. The van der Waals surface area contributed by atoms with Gasteiger partial charge in [0.05, 0.1) is 17.2 Å². The topological polar surface area (TPSA) is 182 Å². The number of halogens is 2. The number of nitrogens with zero attached hydrogens (tertiary/aromatic N) is 4. The first kappa shape index (κ1) is 42.0. The van der Waals surface area contributed by atoms with Crippen LogP contribution in [0.15, 0.2) is 60.7 Å². The third kappa shape index (κ3) is 9.19. The summed E-state index contributed by atoms with van der Waals surface area (Å²) in [7, 11) is -4.14. The highest BCUT2D eigenvalue weighted by Crippen LogP contribution is 2.49. The number of carbonyl (C=O) groups excluding carboxylic acids is 4. The largest absolute Gasteiger partial charge is 0.447 e. The van der Waals surface area contributed by atoms with Crippen molar-refractivity contribution in [2.24, 2.45) is 11.3 Å². The number of ether oxygens (including phenoxy) is 1. The number of fused-ring (bicyclic) bond motifs is 8. The van der Waals surface area contributed by atoms with E-state index in [1.165, 1.54) is 9.70 Å². The normalized spacial score (nSPS) is 27.2. The van der Waals surface area contributed by atoms with Crippen molar-refractivity contribution in [2.75, 3.05) is 6.54 Å². The van der Waals surface area contributed by atoms with Crippen LogP contribution in [0.3, 0.4) is 0 Å². The number of benzene rings is 2. The predicted molar refractivity (Wildman–Crippen MR) is 215 cm³/mol. The molecule has 3 N–H and O–H groups in total. The monoisotopic (exact) mass is 835 g/mol. The number of hydrogen-bond donors (Lipinski definition) is 3. The number of hydrogen-bond acceptors (Lipinski definition) is 9. The number of aromatic nitrogens is 3. The van der Waals surface area contributed by atoms with Gasteiger partial charge in [0, 0.05) is 24.1 Å². The smallest absolute Gasteiger partial charge is 0.408 e. The highest BCUT2D eigenvalue weighted by atomic mass is 32.2. The summed E-state index contributed by atoms with van der Waals surface area (Å²) in [6.07, 6.45) is 2.92. The van der Waals surface area contributed by atoms with Gasteiger partial charge in [-0.05, 0) is 68.9 Å². The fourth-order valence-corrected chi connectivity index (χ4v) is 9.26. The Morgan fingerprint density at radius 2 is 1.68 bits per heavy atom. The van der Waals surface area contributed by atoms with Crippen LogP contribution in [0.4, 0.5) is 13.6 Å². The Labute approximate surface area is 342 Å². The number of nitrogens with one attached hydrogen (secondary N) is 3. The molecule has 4 amide bonds. The van der Waals surface area contributed by atoms with Gasteiger partial charge in [-0.1, -0.05) is 81.5 Å². The van der Waals surface area contributed by atoms with Crippen molar-refractivity contribution in [1.82, 2.24) is 35.2 Å². The number of rotatable bonds is 7. The fraction of sp³-hybridized carbons (Fsp3) is 0.524. The number of carbonyl (C=O) groups is 4. The summed E-state index contributed by atoms with van der Waals surface area (Å²) in [5.74, 6) is -4.49. The molecule has 3 heterocycles. The highest BCUT2D eigenvalue weighted by molar-refractivity contribution is 7.91. The molecule has 2 saturated carbocycles. The summed E-state index contributed by atoms with van der Waals surface area (Å²) in [6, 6.07) is 14.0. The second-order valence-corrected chi connectivity index (χ2v) is 19.2. The Kier molecular flexibility index (Phi) is 11.7. The first-order valence-corrected chi connectivity index (χ1v) is 21.7. The van der Waals surface area contributed by atoms with E-state index in [-0.39, 0.29) is 13.0 Å². The molecule has 6 atom stereocenters. The van der Waals surface area contributed by atoms with Crippen LogP contribution < -0.4 is 15.4 Å². The molecule has 0 spiro atoms. The Balaban J connectivity index is 1.29. The van der Waals surface area contributed by atoms with E-state index < -0.39 is 93.0 Å². The Morgan fingerprint density at radius 1 is 0.983 bits per heavy atom. The lowest BCUT2D eigenvalue weighted by molar-refractivity contribution is -0.143. The van der Waals surface area contributed by atoms with Crippen LogP contribution in [0.25, 0.3) is 28.6 Å². The average molecular weight is 836 g/mol. The minimum absolute atomic E-state index is 0.0987. The molecule has 1 unspecified atom stereocenters. The number of allylic oxidation sites excluding steroid dienone is 1. The van der Waals surface area contributed by atoms with Crippen LogP contribution in [0.2, 0.25) is 0 Å². The number of cyclic esters (lactones) is 1. The molecular weight excluding hydrogens is 785 g/mol. The van der Waals surface area contributed by atoms with Crippen molar-refractivity contribution in [2.45, 2.75) is 121 Å². The van der Waals surface area contributed by atoms with Crippen LogP contribution in [-0.2, 0) is 29.1 Å². The minimum atomic E-state index is -4.14. The van der Waals surface area contributed by atoms with Gasteiger partial charge in [0.25, 0.3) is 5.91 Å². The van der Waals surface area contributed by atoms with Crippen molar-refractivity contribution >= 4 is 39.9 Å². The van der Waals surface area contributed by atoms with Crippen LogP contribution >= 0.6 is 0 Å². The maximum atomic E-state index is 14.8. The van der Waals surface area contributed by atoms with Gasteiger partial charge in [-0.15, -0.1) is 0 Å². The zero-order valence-corrected chi connectivity index (χ0v) is 34.4. The molecule has 3 fully saturated rings. The van der Waals surface area contributed by atoms with E-state index in [1.807, 2.05) is 65.4 Å². The molecule has 4 aliphatic rings. The van der Waals surface area contributed by atoms with Crippen molar-refractivity contribution in [3.05, 3.63) is 66.2 Å². The van der Waals surface area contributed by atoms with Gasteiger partial charge in [-0.2, -0.15) is 15.0 Å². The zero-order chi connectivity index (χ0) is 42.3. The van der Waals surface area contributed by atoms with Crippen molar-refractivity contribution < 1.29 is 41.1 Å². The summed E-state index contributed by atoms with van der Waals surface area (Å²) >= 11 is 0. The number of alkyl carbamates (subject to hydrolysis) is 1. The van der Waals surface area contributed by atoms with E-state index in [0.29, 0.717) is 30.7 Å². The van der Waals surface area contributed by atoms with Gasteiger partial charge in [0.1, 0.15) is 35.1 Å². The molecule has 59 heavy (non-hydrogen) atoms. The van der Waals surface area contributed by atoms with E-state index in [0.717, 1.165) is 36.0 Å². The molecular formula is C42H51F2N7O7S. The quantitative estimate of drug-likeness (QED) is 0.272. The van der Waals surface area contributed by atoms with Crippen molar-refractivity contribution in [3.8, 4) is 22.5 Å². The predicted octanol–water partition coefficient (Wildman–Crippen LogP) is 5.62. The van der Waals surface area contributed by atoms with Crippen LogP contribution in [0.5, 0.6) is 0 Å². The molecule has 0 radical (unpaired) electrons. The average Bonchev–Trinajstić information content (AvgIpc) is 4.08. The molecule has 17 heteroatoms. The molecule has 2 aliphatic heterocycles. The summed E-state index contributed by atoms with van der Waals surface area (Å²) in [5, 5.41) is 14.3. The minimum Gasteiger partial charge on any atom is -0.447 e. The lowest BCUT2D eigenvalue weighted by Gasteiger charge is -2.35. The van der Waals surface area contributed by atoms with Gasteiger partial charge in [0.15, 0.2) is 0 Å². The van der Waals surface area contributed by atoms with Gasteiger partial charge < -0.3 is 20.3 Å². The third-order valence-corrected chi connectivity index (χ3v) is 13.3. The third-order valence-electron chi connectivity index (χ3n) is 11.5. The van der Waals surface area contributed by atoms with Crippen LogP contribution in [-0.4, -0.2) is 94.1 Å². The SMILES string of the molecule is C[C@@H]1CCCC/C=C/c2cccc(c2)-c2nn(nc2-c2ccccc2)C2C[C@@H](C(=O)N[C@@]3(C(=O)NS(=O)(=O)C4CC4)C[C@H]3C(F)F)N(C2)C(=O)[C@H](C(C)(C)C)NC(=O)O1. The maximum absolute atomic E-state index is 14.8. The van der Waals surface area contributed by atoms with Gasteiger partial charge >= 0.3 is 6.09 Å². The standard InChI is InChI=1S/C42H51F2N7O7S/c1-25-13-8-5-6-9-14-26-15-12-18-28(21-26)34-33(27-16-10-7-11-17-27)47-51(48-34)29-22-32(50(24-29)38(53)35(41(2,3)4)45-40(55)58-25)37(52)46-42(23-31(42)36(43)44)39(54)49-59(56,57)30-19-20-30/h7,9-12,14-18,21,25,29-32,35-36H,5-6,8,13,19-20,22-24H2,1-4H3,(H,45,55)(H,46,52)(H,49,54)/b14-9+/t25-,29?,31+,32+,35-,42+/m1/s1. The van der Waals surface area contributed by atoms with Crippen LogP contribution in [0.1, 0.15) is 90.7 Å². The zero-order valence-electron chi connectivity index (χ0n) is 33.6. The molecule has 14 nitrogen and oxygen atoms in total. The molecule has 1 saturated heterocycles. The van der Waals surface area contributed by atoms with Gasteiger partial charge in [-0.3, -0.25) is 19.1 Å². The maximum Gasteiger partial charge on any atom is 0.408 e. The Morgan fingerprint density at radius 3 is 2.34 bits per heavy atom. The summed E-state index contributed by atoms with van der Waals surface area (Å²) in [5.41, 5.74) is 0.485. The summed E-state index contributed by atoms with van der Waals surface area (Å²) in [4.78, 5) is 58.8. The second-order valence-electron chi connectivity index (χ2n) is 17.2. The van der Waals surface area contributed by atoms with Crippen LogP contribution in [0, 0.1) is 11.3 Å². The number of amides is 4. The molecule has 2 aromatic carbocycles. The number of alkyl halides is 2. The van der Waals surface area contributed by atoms with Crippen molar-refractivity contribution in [3.63, 3.8) is 0 Å². The first-order valence-electron chi connectivity index (χ1n) is 20.2. The Hall–Kier alpha value is -5.19. The van der Waals surface area contributed by atoms with E-state index in [2.05, 4.69) is 16.7 Å². The summed E-state index contributed by atoms with van der Waals surface area (Å²) in [6.45, 7) is 6.88. The number of sulfonamides is 1. The molecule has 2 aliphatic carbocycles. The molecule has 3 aromatic rings. The van der Waals surface area contributed by atoms with E-state index in [1.54, 1.807) is 27.7 Å². The lowest BCUT2D eigenvalue weighted by Crippen LogP contribution is -2.60. The van der Waals surface area contributed by atoms with E-state index >= 15 is 0 Å². The van der Waals surface area contributed by atoms with E-state index in [9.17, 15) is 36.4 Å². The first-order chi connectivity index (χ1) is 28.0. The van der Waals surface area contributed by atoms with E-state index in [4.69, 9.17) is 14.9 Å². The lowest BCUT2D eigenvalue weighted by atomic mass is 9.85. The molecule has 6 bridgehead atoms. The molecule has 316 valence electrons. The van der Waals surface area contributed by atoms with Gasteiger partial charge in [-0.25, -0.2) is 22.0 Å². The summed E-state index contributed by atoms with van der Waals surface area (Å²) < 4.78 is 61.6. The van der Waals surface area contributed by atoms with Gasteiger partial charge in [0.2, 0.25) is 28.3 Å².